The van der Waals surface area contributed by atoms with E-state index in [1.54, 1.807) is 0 Å². The highest BCUT2D eigenvalue weighted by Gasteiger charge is 1.99. The summed E-state index contributed by atoms with van der Waals surface area (Å²) in [5.41, 5.74) is 1.34. The Bertz CT molecular complexity index is 176. The first-order valence-corrected chi connectivity index (χ1v) is 3.72. The summed E-state index contributed by atoms with van der Waals surface area (Å²) in [6.07, 6.45) is 1.12. The molecule has 1 rings (SSSR count). The van der Waals surface area contributed by atoms with Crippen LogP contribution in [-0.2, 0) is 0 Å². The largest absolute Gasteiger partial charge is 0.0648 e. The van der Waals surface area contributed by atoms with E-state index in [4.69, 9.17) is 0 Å². The topological polar surface area (TPSA) is 0 Å². The highest BCUT2D eigenvalue weighted by Crippen LogP contribution is 2.16. The molecular weight excluding hydrogens is 120 g/mol. The minimum atomic E-state index is 0.459. The van der Waals surface area contributed by atoms with Crippen molar-refractivity contribution in [1.82, 2.24) is 0 Å². The minimum absolute atomic E-state index is 0.459. The van der Waals surface area contributed by atoms with E-state index in [0.29, 0.717) is 5.92 Å². The van der Waals surface area contributed by atoms with E-state index >= 15 is 0 Å². The molecule has 10 heavy (non-hydrogen) atoms. The second kappa shape index (κ2) is 3.40. The quantitative estimate of drug-likeness (QED) is 0.581. The van der Waals surface area contributed by atoms with Gasteiger partial charge in [-0.25, -0.2) is 0 Å². The SMILES string of the molecule is [CH2][C@@H](CC)c1ccccc1. The molecule has 1 aromatic carbocycles. The zero-order chi connectivity index (χ0) is 7.40. The molecule has 0 saturated heterocycles. The summed E-state index contributed by atoms with van der Waals surface area (Å²) in [5, 5.41) is 0. The molecule has 0 fully saturated rings. The Morgan fingerprint density at radius 2 is 1.90 bits per heavy atom. The number of rotatable bonds is 2. The van der Waals surface area contributed by atoms with Crippen LogP contribution in [-0.4, -0.2) is 0 Å². The van der Waals surface area contributed by atoms with Crippen LogP contribution >= 0.6 is 0 Å². The highest BCUT2D eigenvalue weighted by molar-refractivity contribution is 5.19. The fourth-order valence-electron chi connectivity index (χ4n) is 0.961. The van der Waals surface area contributed by atoms with Gasteiger partial charge in [-0.2, -0.15) is 0 Å². The zero-order valence-corrected chi connectivity index (χ0v) is 6.38. The van der Waals surface area contributed by atoms with Gasteiger partial charge in [-0.1, -0.05) is 37.3 Å². The summed E-state index contributed by atoms with van der Waals surface area (Å²) < 4.78 is 0. The van der Waals surface area contributed by atoms with Crippen LogP contribution in [0.5, 0.6) is 0 Å². The Kier molecular flexibility index (Phi) is 2.49. The number of benzene rings is 1. The Hall–Kier alpha value is -0.780. The summed E-state index contributed by atoms with van der Waals surface area (Å²) in [6.45, 7) is 6.18. The molecule has 1 aromatic rings. The lowest BCUT2D eigenvalue weighted by molar-refractivity contribution is 0.802. The van der Waals surface area contributed by atoms with Crippen molar-refractivity contribution < 1.29 is 0 Å². The lowest BCUT2D eigenvalue weighted by Gasteiger charge is -2.06. The van der Waals surface area contributed by atoms with Crippen LogP contribution in [0.2, 0.25) is 0 Å². The van der Waals surface area contributed by atoms with Gasteiger partial charge in [0, 0.05) is 0 Å². The van der Waals surface area contributed by atoms with Crippen LogP contribution in [0.3, 0.4) is 0 Å². The van der Waals surface area contributed by atoms with Crippen LogP contribution < -0.4 is 0 Å². The second-order valence-corrected chi connectivity index (χ2v) is 2.52. The fourth-order valence-corrected chi connectivity index (χ4v) is 0.961. The number of hydrogen-bond acceptors (Lipinski definition) is 0. The molecule has 0 nitrogen and oxygen atoms in total. The Morgan fingerprint density at radius 1 is 1.30 bits per heavy atom. The molecule has 0 aromatic heterocycles. The Morgan fingerprint density at radius 3 is 2.40 bits per heavy atom. The van der Waals surface area contributed by atoms with Crippen LogP contribution in [0.15, 0.2) is 30.3 Å². The smallest absolute Gasteiger partial charge is 0.0164 e. The van der Waals surface area contributed by atoms with E-state index < -0.39 is 0 Å². The zero-order valence-electron chi connectivity index (χ0n) is 6.38. The van der Waals surface area contributed by atoms with E-state index in [0.717, 1.165) is 6.42 Å². The van der Waals surface area contributed by atoms with Gasteiger partial charge in [0.05, 0.1) is 0 Å². The van der Waals surface area contributed by atoms with Crippen LogP contribution in [0, 0.1) is 6.92 Å². The molecule has 0 N–H and O–H groups in total. The maximum atomic E-state index is 4.03. The second-order valence-electron chi connectivity index (χ2n) is 2.52. The number of hydrogen-bond donors (Lipinski definition) is 0. The predicted octanol–water partition coefficient (Wildman–Crippen LogP) is 3.01. The molecule has 0 heteroatoms. The van der Waals surface area contributed by atoms with Crippen molar-refractivity contribution in [3.63, 3.8) is 0 Å². The molecule has 0 aliphatic heterocycles. The van der Waals surface area contributed by atoms with Gasteiger partial charge in [0.15, 0.2) is 0 Å². The summed E-state index contributed by atoms with van der Waals surface area (Å²) in [7, 11) is 0. The molecule has 0 heterocycles. The lowest BCUT2D eigenvalue weighted by atomic mass is 9.99. The van der Waals surface area contributed by atoms with Gasteiger partial charge < -0.3 is 0 Å². The first kappa shape index (κ1) is 7.33. The van der Waals surface area contributed by atoms with Crippen molar-refractivity contribution in [2.75, 3.05) is 0 Å². The molecule has 0 bridgehead atoms. The summed E-state index contributed by atoms with van der Waals surface area (Å²) >= 11 is 0. The van der Waals surface area contributed by atoms with Gasteiger partial charge in [0.1, 0.15) is 0 Å². The summed E-state index contributed by atoms with van der Waals surface area (Å²) in [4.78, 5) is 0. The monoisotopic (exact) mass is 133 g/mol. The molecule has 1 atom stereocenters. The first-order valence-electron chi connectivity index (χ1n) is 3.72. The third-order valence-electron chi connectivity index (χ3n) is 1.76. The third kappa shape index (κ3) is 1.60. The van der Waals surface area contributed by atoms with E-state index in [2.05, 4.69) is 38.1 Å². The van der Waals surface area contributed by atoms with Gasteiger partial charge in [-0.15, -0.1) is 0 Å². The molecule has 53 valence electrons. The summed E-state index contributed by atoms with van der Waals surface area (Å²) in [5.74, 6) is 0.459. The molecule has 0 amide bonds. The van der Waals surface area contributed by atoms with Crippen molar-refractivity contribution in [1.29, 1.82) is 0 Å². The van der Waals surface area contributed by atoms with Gasteiger partial charge >= 0.3 is 0 Å². The normalized spacial score (nSPS) is 13.0. The van der Waals surface area contributed by atoms with Crippen molar-refractivity contribution in [3.05, 3.63) is 42.8 Å². The molecule has 0 aliphatic rings. The van der Waals surface area contributed by atoms with Gasteiger partial charge in [0.25, 0.3) is 0 Å². The van der Waals surface area contributed by atoms with Crippen molar-refractivity contribution in [2.45, 2.75) is 19.3 Å². The van der Waals surface area contributed by atoms with E-state index in [1.165, 1.54) is 5.56 Å². The molecular formula is C10H13. The van der Waals surface area contributed by atoms with Gasteiger partial charge in [-0.05, 0) is 24.8 Å². The van der Waals surface area contributed by atoms with Crippen molar-refractivity contribution in [2.24, 2.45) is 0 Å². The maximum absolute atomic E-state index is 4.03. The molecule has 0 unspecified atom stereocenters. The third-order valence-corrected chi connectivity index (χ3v) is 1.76. The van der Waals surface area contributed by atoms with Crippen LogP contribution in [0.25, 0.3) is 0 Å². The predicted molar refractivity (Wildman–Crippen MR) is 44.8 cm³/mol. The maximum Gasteiger partial charge on any atom is -0.0164 e. The average molecular weight is 133 g/mol. The van der Waals surface area contributed by atoms with Crippen LogP contribution in [0.1, 0.15) is 24.8 Å². The molecule has 1 radical (unpaired) electrons. The van der Waals surface area contributed by atoms with Gasteiger partial charge in [-0.3, -0.25) is 0 Å². The highest BCUT2D eigenvalue weighted by atomic mass is 14.0. The fraction of sp³-hybridized carbons (Fsp3) is 0.300. The van der Waals surface area contributed by atoms with Gasteiger partial charge in [0.2, 0.25) is 0 Å². The Labute approximate surface area is 62.9 Å². The lowest BCUT2D eigenvalue weighted by Crippen LogP contribution is -1.89. The first-order chi connectivity index (χ1) is 4.84. The molecule has 0 spiro atoms. The summed E-state index contributed by atoms with van der Waals surface area (Å²) in [6, 6.07) is 10.4. The minimum Gasteiger partial charge on any atom is -0.0648 e. The standard InChI is InChI=1S/C10H13/c1-3-9(2)10-7-5-4-6-8-10/h4-9H,2-3H2,1H3/t9-/m0/s1. The average Bonchev–Trinajstić information content (AvgIpc) is 2.05. The van der Waals surface area contributed by atoms with Crippen LogP contribution in [0.4, 0.5) is 0 Å². The van der Waals surface area contributed by atoms with E-state index in [9.17, 15) is 0 Å². The molecule has 0 aliphatic carbocycles. The van der Waals surface area contributed by atoms with Crippen molar-refractivity contribution >= 4 is 0 Å². The van der Waals surface area contributed by atoms with Crippen molar-refractivity contribution in [3.8, 4) is 0 Å². The molecule has 0 saturated carbocycles. The van der Waals surface area contributed by atoms with E-state index in [1.807, 2.05) is 6.07 Å². The Balaban J connectivity index is 2.75. The van der Waals surface area contributed by atoms with E-state index in [-0.39, 0.29) is 0 Å².